The molecule has 13 heteroatoms. The molecule has 2 N–H and O–H groups in total. The first-order valence-electron chi connectivity index (χ1n) is 15.4. The quantitative estimate of drug-likeness (QED) is 0.268. The van der Waals surface area contributed by atoms with Crippen LogP contribution in [0.25, 0.3) is 0 Å². The molecule has 2 heterocycles. The standard InChI is InChI=1S/C34H45N5O7S/c1-21-10-11-23(31(40)36-25-18-24(33(2,3)4)19-26(30(25)44-8)38-47(9,42)43)17-27(21)45-29-12-14-35-28(37-29)16-22-13-15-39(20-22)32(41)46-34(5,6)7/h10-12,14,17-19,22,38H,13,15-16,20H2,1-9H3,(H,36,40). The van der Waals surface area contributed by atoms with E-state index in [0.29, 0.717) is 48.2 Å². The van der Waals surface area contributed by atoms with Gasteiger partial charge in [0.05, 0.1) is 24.7 Å². The fourth-order valence-corrected chi connectivity index (χ4v) is 5.65. The van der Waals surface area contributed by atoms with Crippen LogP contribution >= 0.6 is 0 Å². The number of aryl methyl sites for hydroxylation is 1. The van der Waals surface area contributed by atoms with E-state index in [2.05, 4.69) is 20.0 Å². The molecule has 0 bridgehead atoms. The predicted molar refractivity (Wildman–Crippen MR) is 181 cm³/mol. The minimum Gasteiger partial charge on any atom is -0.492 e. The maximum atomic E-state index is 13.5. The second kappa shape index (κ2) is 13.8. The Bertz CT molecular complexity index is 1750. The van der Waals surface area contributed by atoms with E-state index in [-0.39, 0.29) is 28.9 Å². The number of hydrogen-bond acceptors (Lipinski definition) is 9. The number of rotatable bonds is 9. The average molecular weight is 668 g/mol. The highest BCUT2D eigenvalue weighted by atomic mass is 32.2. The zero-order valence-corrected chi connectivity index (χ0v) is 29.4. The van der Waals surface area contributed by atoms with Crippen LogP contribution < -0.4 is 19.5 Å². The Morgan fingerprint density at radius 2 is 1.74 bits per heavy atom. The number of ether oxygens (including phenoxy) is 3. The summed E-state index contributed by atoms with van der Waals surface area (Å²) in [7, 11) is -2.21. The summed E-state index contributed by atoms with van der Waals surface area (Å²) in [5.74, 6) is 1.29. The highest BCUT2D eigenvalue weighted by Crippen LogP contribution is 2.39. The number of benzene rings is 2. The largest absolute Gasteiger partial charge is 0.492 e. The molecule has 12 nitrogen and oxygen atoms in total. The summed E-state index contributed by atoms with van der Waals surface area (Å²) < 4.78 is 43.9. The first kappa shape index (κ1) is 35.5. The molecule has 254 valence electrons. The second-order valence-corrected chi connectivity index (χ2v) is 15.6. The Balaban J connectivity index is 1.51. The Morgan fingerprint density at radius 1 is 1.04 bits per heavy atom. The molecule has 1 unspecified atom stereocenters. The lowest BCUT2D eigenvalue weighted by Gasteiger charge is -2.24. The molecule has 1 aliphatic heterocycles. The predicted octanol–water partition coefficient (Wildman–Crippen LogP) is 6.31. The van der Waals surface area contributed by atoms with Crippen molar-refractivity contribution in [1.29, 1.82) is 0 Å². The van der Waals surface area contributed by atoms with Crippen LogP contribution in [0.4, 0.5) is 16.2 Å². The van der Waals surface area contributed by atoms with Gasteiger partial charge in [-0.3, -0.25) is 9.52 Å². The molecule has 0 spiro atoms. The number of carbonyl (C=O) groups is 2. The molecule has 2 amide bonds. The molecule has 47 heavy (non-hydrogen) atoms. The van der Waals surface area contributed by atoms with Crippen molar-refractivity contribution < 1.29 is 32.2 Å². The van der Waals surface area contributed by atoms with Gasteiger partial charge in [0.15, 0.2) is 5.75 Å². The van der Waals surface area contributed by atoms with Crippen molar-refractivity contribution in [3.8, 4) is 17.4 Å². The van der Waals surface area contributed by atoms with Gasteiger partial charge in [-0.25, -0.2) is 18.2 Å². The van der Waals surface area contributed by atoms with E-state index in [1.165, 1.54) is 7.11 Å². The molecule has 1 saturated heterocycles. The molecular weight excluding hydrogens is 622 g/mol. The minimum atomic E-state index is -3.62. The number of carbonyl (C=O) groups excluding carboxylic acids is 2. The normalized spacial score (nSPS) is 15.3. The van der Waals surface area contributed by atoms with Crippen molar-refractivity contribution in [2.24, 2.45) is 5.92 Å². The minimum absolute atomic E-state index is 0.186. The summed E-state index contributed by atoms with van der Waals surface area (Å²) in [4.78, 5) is 36.7. The van der Waals surface area contributed by atoms with Crippen LogP contribution in [0.1, 0.15) is 75.3 Å². The van der Waals surface area contributed by atoms with E-state index >= 15 is 0 Å². The molecule has 0 saturated carbocycles. The van der Waals surface area contributed by atoms with Crippen LogP contribution in [0, 0.1) is 12.8 Å². The Labute approximate surface area is 277 Å². The van der Waals surface area contributed by atoms with E-state index < -0.39 is 21.5 Å². The molecular formula is C34H45N5O7S. The number of methoxy groups -OCH3 is 1. The number of amides is 2. The van der Waals surface area contributed by atoms with Gasteiger partial charge >= 0.3 is 6.09 Å². The SMILES string of the molecule is COc1c(NC(=O)c2ccc(C)c(Oc3ccnc(CC4CCN(C(=O)OC(C)(C)C)C4)n3)c2)cc(C(C)(C)C)cc1NS(C)(=O)=O. The third kappa shape index (κ3) is 9.80. The molecule has 3 aromatic rings. The van der Waals surface area contributed by atoms with Crippen molar-refractivity contribution in [2.45, 2.75) is 72.3 Å². The van der Waals surface area contributed by atoms with Gasteiger partial charge in [-0.1, -0.05) is 26.8 Å². The number of nitrogens with zero attached hydrogens (tertiary/aromatic N) is 3. The third-order valence-electron chi connectivity index (χ3n) is 7.46. The zero-order valence-electron chi connectivity index (χ0n) is 28.6. The van der Waals surface area contributed by atoms with E-state index in [1.807, 2.05) is 48.5 Å². The van der Waals surface area contributed by atoms with Crippen molar-refractivity contribution in [3.63, 3.8) is 0 Å². The van der Waals surface area contributed by atoms with Gasteiger partial charge in [0.2, 0.25) is 15.9 Å². The molecule has 1 aromatic heterocycles. The summed E-state index contributed by atoms with van der Waals surface area (Å²) >= 11 is 0. The fourth-order valence-electron chi connectivity index (χ4n) is 5.09. The molecule has 0 aliphatic carbocycles. The number of likely N-dealkylation sites (tertiary alicyclic amines) is 1. The van der Waals surface area contributed by atoms with Crippen LogP contribution in [-0.4, -0.2) is 67.3 Å². The fraction of sp³-hybridized carbons (Fsp3) is 0.471. The molecule has 1 atom stereocenters. The summed E-state index contributed by atoms with van der Waals surface area (Å²) in [6.45, 7) is 14.5. The lowest BCUT2D eigenvalue weighted by Crippen LogP contribution is -2.35. The van der Waals surface area contributed by atoms with Crippen LogP contribution in [-0.2, 0) is 26.6 Å². The zero-order chi connectivity index (χ0) is 34.7. The highest BCUT2D eigenvalue weighted by molar-refractivity contribution is 7.92. The summed E-state index contributed by atoms with van der Waals surface area (Å²) in [6.07, 6.45) is 3.75. The first-order chi connectivity index (χ1) is 21.8. The lowest BCUT2D eigenvalue weighted by molar-refractivity contribution is 0.0288. The first-order valence-corrected chi connectivity index (χ1v) is 17.3. The van der Waals surface area contributed by atoms with E-state index in [1.54, 1.807) is 47.5 Å². The monoisotopic (exact) mass is 667 g/mol. The van der Waals surface area contributed by atoms with Gasteiger partial charge < -0.3 is 24.4 Å². The van der Waals surface area contributed by atoms with Gasteiger partial charge in [0.1, 0.15) is 17.2 Å². The van der Waals surface area contributed by atoms with E-state index in [0.717, 1.165) is 23.8 Å². The van der Waals surface area contributed by atoms with Crippen LogP contribution in [0.3, 0.4) is 0 Å². The maximum absolute atomic E-state index is 13.5. The van der Waals surface area contributed by atoms with Gasteiger partial charge in [0, 0.05) is 37.3 Å². The molecule has 4 rings (SSSR count). The van der Waals surface area contributed by atoms with Crippen LogP contribution in [0.2, 0.25) is 0 Å². The second-order valence-electron chi connectivity index (χ2n) is 13.9. The van der Waals surface area contributed by atoms with Crippen molar-refractivity contribution in [1.82, 2.24) is 14.9 Å². The van der Waals surface area contributed by atoms with Crippen molar-refractivity contribution in [2.75, 3.05) is 36.5 Å². The van der Waals surface area contributed by atoms with Crippen molar-refractivity contribution in [3.05, 3.63) is 65.1 Å². The van der Waals surface area contributed by atoms with Gasteiger partial charge in [-0.05, 0) is 80.8 Å². The smallest absolute Gasteiger partial charge is 0.410 e. The summed E-state index contributed by atoms with van der Waals surface area (Å²) in [5, 5.41) is 2.88. The number of hydrogen-bond donors (Lipinski definition) is 2. The number of anilines is 2. The van der Waals surface area contributed by atoms with E-state index in [4.69, 9.17) is 14.2 Å². The third-order valence-corrected chi connectivity index (χ3v) is 8.05. The number of sulfonamides is 1. The number of nitrogens with one attached hydrogen (secondary N) is 2. The summed E-state index contributed by atoms with van der Waals surface area (Å²) in [6, 6.07) is 10.2. The molecule has 2 aromatic carbocycles. The Hall–Kier alpha value is -4.39. The van der Waals surface area contributed by atoms with Crippen molar-refractivity contribution >= 4 is 33.4 Å². The highest BCUT2D eigenvalue weighted by Gasteiger charge is 2.30. The average Bonchev–Trinajstić information content (AvgIpc) is 3.41. The molecule has 1 fully saturated rings. The summed E-state index contributed by atoms with van der Waals surface area (Å²) in [5.41, 5.74) is 1.53. The van der Waals surface area contributed by atoms with Gasteiger partial charge in [-0.15, -0.1) is 0 Å². The number of aromatic nitrogens is 2. The van der Waals surface area contributed by atoms with Gasteiger partial charge in [-0.2, -0.15) is 4.98 Å². The Morgan fingerprint density at radius 3 is 2.38 bits per heavy atom. The Kier molecular flexibility index (Phi) is 10.4. The maximum Gasteiger partial charge on any atom is 0.410 e. The molecule has 0 radical (unpaired) electrons. The lowest BCUT2D eigenvalue weighted by atomic mass is 9.86. The van der Waals surface area contributed by atoms with Gasteiger partial charge in [0.25, 0.3) is 5.91 Å². The molecule has 1 aliphatic rings. The topological polar surface area (TPSA) is 149 Å². The van der Waals surface area contributed by atoms with Crippen LogP contribution in [0.5, 0.6) is 17.4 Å². The van der Waals surface area contributed by atoms with Crippen LogP contribution in [0.15, 0.2) is 42.6 Å². The van der Waals surface area contributed by atoms with E-state index in [9.17, 15) is 18.0 Å².